The van der Waals surface area contributed by atoms with Crippen LogP contribution in [-0.2, 0) is 0 Å². The van der Waals surface area contributed by atoms with E-state index in [4.69, 9.17) is 0 Å². The third-order valence-corrected chi connectivity index (χ3v) is 3.50. The van der Waals surface area contributed by atoms with Gasteiger partial charge in [0.1, 0.15) is 5.69 Å². The van der Waals surface area contributed by atoms with Crippen molar-refractivity contribution in [3.8, 4) is 10.4 Å². The SMILES string of the molecule is CC(=O)c1nc(NC(C)(C)C)sc1-c1ccccc1. The minimum atomic E-state index is -0.0696. The average Bonchev–Trinajstić information content (AvgIpc) is 2.72. The van der Waals surface area contributed by atoms with Gasteiger partial charge in [0.25, 0.3) is 0 Å². The molecule has 0 amide bonds. The van der Waals surface area contributed by atoms with Crippen LogP contribution >= 0.6 is 11.3 Å². The molecule has 2 rings (SSSR count). The summed E-state index contributed by atoms with van der Waals surface area (Å²) in [5, 5.41) is 4.11. The summed E-state index contributed by atoms with van der Waals surface area (Å²) in [6.07, 6.45) is 0. The second-order valence-electron chi connectivity index (χ2n) is 5.49. The number of benzene rings is 1. The van der Waals surface area contributed by atoms with Gasteiger partial charge in [-0.3, -0.25) is 4.79 Å². The van der Waals surface area contributed by atoms with Crippen LogP contribution in [0.25, 0.3) is 10.4 Å². The van der Waals surface area contributed by atoms with E-state index in [1.807, 2.05) is 30.3 Å². The zero-order valence-electron chi connectivity index (χ0n) is 11.7. The molecule has 1 aromatic carbocycles. The molecule has 0 aliphatic carbocycles. The van der Waals surface area contributed by atoms with Crippen LogP contribution in [0, 0.1) is 0 Å². The number of carbonyl (C=O) groups excluding carboxylic acids is 1. The van der Waals surface area contributed by atoms with Crippen molar-refractivity contribution in [2.75, 3.05) is 5.32 Å². The summed E-state index contributed by atoms with van der Waals surface area (Å²) in [4.78, 5) is 17.1. The minimum Gasteiger partial charge on any atom is -0.357 e. The molecule has 1 aromatic heterocycles. The van der Waals surface area contributed by atoms with Gasteiger partial charge in [0.15, 0.2) is 10.9 Å². The fourth-order valence-electron chi connectivity index (χ4n) is 1.72. The van der Waals surface area contributed by atoms with Gasteiger partial charge in [-0.1, -0.05) is 41.7 Å². The first-order valence-electron chi connectivity index (χ1n) is 6.22. The average molecular weight is 274 g/mol. The van der Waals surface area contributed by atoms with E-state index in [2.05, 4.69) is 31.1 Å². The molecule has 3 nitrogen and oxygen atoms in total. The van der Waals surface area contributed by atoms with Crippen LogP contribution in [0.3, 0.4) is 0 Å². The number of aromatic nitrogens is 1. The smallest absolute Gasteiger partial charge is 0.184 e. The molecule has 2 aromatic rings. The highest BCUT2D eigenvalue weighted by molar-refractivity contribution is 7.19. The van der Waals surface area contributed by atoms with E-state index in [0.29, 0.717) is 5.69 Å². The van der Waals surface area contributed by atoms with Crippen molar-refractivity contribution >= 4 is 22.3 Å². The van der Waals surface area contributed by atoms with Crippen molar-refractivity contribution in [1.82, 2.24) is 4.98 Å². The molecule has 100 valence electrons. The number of nitrogens with zero attached hydrogens (tertiary/aromatic N) is 1. The van der Waals surface area contributed by atoms with E-state index in [1.54, 1.807) is 6.92 Å². The third kappa shape index (κ3) is 3.41. The van der Waals surface area contributed by atoms with Crippen LogP contribution in [0.1, 0.15) is 38.2 Å². The highest BCUT2D eigenvalue weighted by Gasteiger charge is 2.19. The number of Topliss-reactive ketones (excluding diaryl/α,β-unsaturated/α-hetero) is 1. The maximum Gasteiger partial charge on any atom is 0.184 e. The molecule has 19 heavy (non-hydrogen) atoms. The van der Waals surface area contributed by atoms with Gasteiger partial charge in [0.05, 0.1) is 4.88 Å². The topological polar surface area (TPSA) is 42.0 Å². The molecule has 0 spiro atoms. The van der Waals surface area contributed by atoms with Crippen LogP contribution in [0.15, 0.2) is 30.3 Å². The van der Waals surface area contributed by atoms with Gasteiger partial charge in [-0.05, 0) is 26.3 Å². The molecule has 0 aliphatic heterocycles. The van der Waals surface area contributed by atoms with Crippen molar-refractivity contribution in [3.05, 3.63) is 36.0 Å². The van der Waals surface area contributed by atoms with Crippen LogP contribution in [0.4, 0.5) is 5.13 Å². The minimum absolute atomic E-state index is 0.00272. The molecule has 0 saturated carbocycles. The summed E-state index contributed by atoms with van der Waals surface area (Å²) in [7, 11) is 0. The third-order valence-electron chi connectivity index (χ3n) is 2.48. The van der Waals surface area contributed by atoms with Crippen molar-refractivity contribution in [2.45, 2.75) is 33.2 Å². The van der Waals surface area contributed by atoms with Gasteiger partial charge in [0.2, 0.25) is 0 Å². The van der Waals surface area contributed by atoms with Gasteiger partial charge >= 0.3 is 0 Å². The number of anilines is 1. The van der Waals surface area contributed by atoms with E-state index in [0.717, 1.165) is 15.6 Å². The Morgan fingerprint density at radius 1 is 1.21 bits per heavy atom. The summed E-state index contributed by atoms with van der Waals surface area (Å²) in [5.74, 6) is -0.00272. The fourth-order valence-corrected chi connectivity index (χ4v) is 2.95. The molecule has 0 atom stereocenters. The number of carbonyl (C=O) groups is 1. The molecular weight excluding hydrogens is 256 g/mol. The molecule has 0 unspecified atom stereocenters. The first kappa shape index (κ1) is 13.7. The summed E-state index contributed by atoms with van der Waals surface area (Å²) >= 11 is 1.52. The van der Waals surface area contributed by atoms with E-state index in [1.165, 1.54) is 11.3 Å². The van der Waals surface area contributed by atoms with Crippen molar-refractivity contribution in [1.29, 1.82) is 0 Å². The van der Waals surface area contributed by atoms with E-state index < -0.39 is 0 Å². The summed E-state index contributed by atoms with van der Waals surface area (Å²) in [5.41, 5.74) is 1.51. The lowest BCUT2D eigenvalue weighted by Gasteiger charge is -2.19. The highest BCUT2D eigenvalue weighted by Crippen LogP contribution is 2.34. The van der Waals surface area contributed by atoms with E-state index >= 15 is 0 Å². The zero-order chi connectivity index (χ0) is 14.0. The lowest BCUT2D eigenvalue weighted by atomic mass is 10.1. The number of hydrogen-bond acceptors (Lipinski definition) is 4. The molecule has 0 bridgehead atoms. The largest absolute Gasteiger partial charge is 0.357 e. The Morgan fingerprint density at radius 3 is 2.37 bits per heavy atom. The van der Waals surface area contributed by atoms with Gasteiger partial charge < -0.3 is 5.32 Å². The summed E-state index contributed by atoms with van der Waals surface area (Å²) in [6, 6.07) is 9.90. The van der Waals surface area contributed by atoms with E-state index in [9.17, 15) is 4.79 Å². The Bertz CT molecular complexity index is 582. The monoisotopic (exact) mass is 274 g/mol. The molecule has 0 saturated heterocycles. The quantitative estimate of drug-likeness (QED) is 0.852. The maximum atomic E-state index is 11.7. The zero-order valence-corrected chi connectivity index (χ0v) is 12.5. The maximum absolute atomic E-state index is 11.7. The summed E-state index contributed by atoms with van der Waals surface area (Å²) in [6.45, 7) is 7.78. The molecule has 1 heterocycles. The Morgan fingerprint density at radius 2 is 1.84 bits per heavy atom. The van der Waals surface area contributed by atoms with Crippen LogP contribution < -0.4 is 5.32 Å². The first-order chi connectivity index (χ1) is 8.87. The Hall–Kier alpha value is -1.68. The number of rotatable bonds is 3. The normalized spacial score (nSPS) is 11.4. The molecular formula is C15H18N2OS. The second kappa shape index (κ2) is 5.13. The molecule has 0 radical (unpaired) electrons. The highest BCUT2D eigenvalue weighted by atomic mass is 32.1. The fraction of sp³-hybridized carbons (Fsp3) is 0.333. The van der Waals surface area contributed by atoms with E-state index in [-0.39, 0.29) is 11.3 Å². The predicted octanol–water partition coefficient (Wildman–Crippen LogP) is 4.22. The van der Waals surface area contributed by atoms with Crippen molar-refractivity contribution in [2.24, 2.45) is 0 Å². The van der Waals surface area contributed by atoms with Crippen molar-refractivity contribution < 1.29 is 4.79 Å². The standard InChI is InChI=1S/C15H18N2OS/c1-10(18)12-13(11-8-6-5-7-9-11)19-14(16-12)17-15(2,3)4/h5-9H,1-4H3,(H,16,17). The van der Waals surface area contributed by atoms with Crippen LogP contribution in [-0.4, -0.2) is 16.3 Å². The second-order valence-corrected chi connectivity index (χ2v) is 6.49. The summed E-state index contributed by atoms with van der Waals surface area (Å²) < 4.78 is 0. The van der Waals surface area contributed by atoms with Gasteiger partial charge in [-0.25, -0.2) is 4.98 Å². The molecule has 4 heteroatoms. The number of nitrogens with one attached hydrogen (secondary N) is 1. The van der Waals surface area contributed by atoms with Gasteiger partial charge in [-0.2, -0.15) is 0 Å². The van der Waals surface area contributed by atoms with Gasteiger partial charge in [-0.15, -0.1) is 0 Å². The number of thiazole rings is 1. The Labute approximate surface area is 117 Å². The number of ketones is 1. The lowest BCUT2D eigenvalue weighted by molar-refractivity contribution is 0.101. The molecule has 1 N–H and O–H groups in total. The van der Waals surface area contributed by atoms with Crippen LogP contribution in [0.2, 0.25) is 0 Å². The predicted molar refractivity (Wildman–Crippen MR) is 80.9 cm³/mol. The molecule has 0 fully saturated rings. The van der Waals surface area contributed by atoms with Crippen LogP contribution in [0.5, 0.6) is 0 Å². The van der Waals surface area contributed by atoms with Crippen molar-refractivity contribution in [3.63, 3.8) is 0 Å². The van der Waals surface area contributed by atoms with Gasteiger partial charge in [0, 0.05) is 12.5 Å². The lowest BCUT2D eigenvalue weighted by Crippen LogP contribution is -2.25. The Kier molecular flexibility index (Phi) is 3.71. The number of hydrogen-bond donors (Lipinski definition) is 1. The molecule has 0 aliphatic rings. The Balaban J connectivity index is 2.45. The first-order valence-corrected chi connectivity index (χ1v) is 7.04.